The number of nitrogens with zero attached hydrogens (tertiary/aromatic N) is 2. The lowest BCUT2D eigenvalue weighted by Gasteiger charge is -2.26. The van der Waals surface area contributed by atoms with Crippen LogP contribution in [0.1, 0.15) is 33.3 Å². The van der Waals surface area contributed by atoms with Gasteiger partial charge in [0.05, 0.1) is 12.7 Å². The van der Waals surface area contributed by atoms with Crippen LogP contribution in [0.3, 0.4) is 0 Å². The highest BCUT2D eigenvalue weighted by atomic mass is 16.6. The summed E-state index contributed by atoms with van der Waals surface area (Å²) in [7, 11) is 0. The van der Waals surface area contributed by atoms with Gasteiger partial charge in [-0.15, -0.1) is 0 Å². The van der Waals surface area contributed by atoms with E-state index in [0.29, 0.717) is 25.4 Å². The number of carbonyl (C=O) groups is 1. The van der Waals surface area contributed by atoms with Gasteiger partial charge in [0.2, 0.25) is 0 Å². The summed E-state index contributed by atoms with van der Waals surface area (Å²) in [6, 6.07) is 1.91. The molecule has 5 nitrogen and oxygen atoms in total. The van der Waals surface area contributed by atoms with Crippen molar-refractivity contribution in [3.05, 3.63) is 24.0 Å². The van der Waals surface area contributed by atoms with E-state index in [-0.39, 0.29) is 6.09 Å². The van der Waals surface area contributed by atoms with Crippen molar-refractivity contribution in [1.82, 2.24) is 9.88 Å². The second kappa shape index (κ2) is 7.12. The van der Waals surface area contributed by atoms with Gasteiger partial charge in [0.25, 0.3) is 0 Å². The number of carbonyl (C=O) groups excluding carboxylic acids is 1. The van der Waals surface area contributed by atoms with Gasteiger partial charge in [-0.1, -0.05) is 0 Å². The van der Waals surface area contributed by atoms with Crippen LogP contribution in [0.15, 0.2) is 18.5 Å². The van der Waals surface area contributed by atoms with E-state index < -0.39 is 5.60 Å². The minimum atomic E-state index is -0.480. The summed E-state index contributed by atoms with van der Waals surface area (Å²) in [4.78, 5) is 17.6. The summed E-state index contributed by atoms with van der Waals surface area (Å²) in [5, 5.41) is 0. The van der Waals surface area contributed by atoms with E-state index in [1.54, 1.807) is 17.3 Å². The second-order valence-electron chi connectivity index (χ2n) is 5.61. The lowest BCUT2D eigenvalue weighted by molar-refractivity contribution is 0.0237. The number of likely N-dealkylation sites (N-methyl/N-ethyl adjacent to an activating group) is 1. The van der Waals surface area contributed by atoms with Gasteiger partial charge in [-0.05, 0) is 46.2 Å². The van der Waals surface area contributed by atoms with Crippen LogP contribution in [-0.2, 0) is 4.74 Å². The van der Waals surface area contributed by atoms with Crippen LogP contribution in [0, 0.1) is 6.92 Å². The summed E-state index contributed by atoms with van der Waals surface area (Å²) in [6.07, 6.45) is 3.12. The Bertz CT molecular complexity index is 441. The first kappa shape index (κ1) is 16.3. The third kappa shape index (κ3) is 5.91. The van der Waals surface area contributed by atoms with Crippen molar-refractivity contribution in [3.63, 3.8) is 0 Å². The molecule has 0 bridgehead atoms. The fraction of sp³-hybridized carbons (Fsp3) is 0.600. The molecule has 0 atom stereocenters. The first-order valence-corrected chi connectivity index (χ1v) is 6.84. The van der Waals surface area contributed by atoms with E-state index in [0.717, 1.165) is 5.56 Å². The average Bonchev–Trinajstić information content (AvgIpc) is 2.32. The number of hydrogen-bond donors (Lipinski definition) is 0. The molecule has 1 aromatic rings. The number of pyridine rings is 1. The lowest BCUT2D eigenvalue weighted by atomic mass is 10.2. The zero-order valence-corrected chi connectivity index (χ0v) is 13.0. The molecule has 0 saturated carbocycles. The molecule has 0 aliphatic rings. The van der Waals surface area contributed by atoms with E-state index in [9.17, 15) is 4.79 Å². The van der Waals surface area contributed by atoms with Gasteiger partial charge in [0.15, 0.2) is 0 Å². The van der Waals surface area contributed by atoms with Crippen LogP contribution in [0.25, 0.3) is 0 Å². The molecular weight excluding hydrogens is 256 g/mol. The Morgan fingerprint density at radius 2 is 2.05 bits per heavy atom. The van der Waals surface area contributed by atoms with Crippen molar-refractivity contribution >= 4 is 6.09 Å². The molecule has 0 N–H and O–H groups in total. The molecule has 1 aromatic heterocycles. The maximum absolute atomic E-state index is 11.9. The topological polar surface area (TPSA) is 51.7 Å². The van der Waals surface area contributed by atoms with E-state index in [2.05, 4.69) is 4.98 Å². The van der Waals surface area contributed by atoms with Crippen LogP contribution < -0.4 is 4.74 Å². The van der Waals surface area contributed by atoms with Crippen molar-refractivity contribution in [1.29, 1.82) is 0 Å². The molecule has 0 unspecified atom stereocenters. The molecular formula is C15H24N2O3. The number of ether oxygens (including phenoxy) is 2. The van der Waals surface area contributed by atoms with Crippen LogP contribution in [0.2, 0.25) is 0 Å². The summed E-state index contributed by atoms with van der Waals surface area (Å²) in [5.74, 6) is 0.713. The van der Waals surface area contributed by atoms with E-state index in [4.69, 9.17) is 9.47 Å². The highest BCUT2D eigenvalue weighted by Crippen LogP contribution is 2.11. The van der Waals surface area contributed by atoms with Gasteiger partial charge in [-0.25, -0.2) is 4.79 Å². The van der Waals surface area contributed by atoms with Crippen LogP contribution in [-0.4, -0.2) is 41.3 Å². The minimum Gasteiger partial charge on any atom is -0.490 e. The van der Waals surface area contributed by atoms with Crippen molar-refractivity contribution in [2.75, 3.05) is 19.7 Å². The predicted octanol–water partition coefficient (Wildman–Crippen LogP) is 3.03. The fourth-order valence-corrected chi connectivity index (χ4v) is 1.58. The first-order chi connectivity index (χ1) is 9.31. The number of hydrogen-bond acceptors (Lipinski definition) is 4. The quantitative estimate of drug-likeness (QED) is 0.832. The molecule has 112 valence electrons. The normalized spacial score (nSPS) is 11.1. The van der Waals surface area contributed by atoms with Crippen LogP contribution in [0.4, 0.5) is 4.79 Å². The Hall–Kier alpha value is -1.78. The fourth-order valence-electron chi connectivity index (χ4n) is 1.58. The smallest absolute Gasteiger partial charge is 0.410 e. The van der Waals surface area contributed by atoms with Gasteiger partial charge in [0, 0.05) is 12.7 Å². The summed E-state index contributed by atoms with van der Waals surface area (Å²) in [5.41, 5.74) is 0.563. The number of amides is 1. The van der Waals surface area contributed by atoms with Gasteiger partial charge < -0.3 is 14.4 Å². The Balaban J connectivity index is 2.43. The highest BCUT2D eigenvalue weighted by Gasteiger charge is 2.20. The Kier molecular flexibility index (Phi) is 5.80. The number of rotatable bonds is 5. The van der Waals surface area contributed by atoms with Crippen LogP contribution in [0.5, 0.6) is 5.75 Å². The Labute approximate surface area is 120 Å². The summed E-state index contributed by atoms with van der Waals surface area (Å²) in [6.45, 7) is 10.9. The molecule has 0 aliphatic carbocycles. The van der Waals surface area contributed by atoms with Crippen molar-refractivity contribution < 1.29 is 14.3 Å². The molecule has 5 heteroatoms. The maximum Gasteiger partial charge on any atom is 0.410 e. The van der Waals surface area contributed by atoms with Gasteiger partial charge in [-0.2, -0.15) is 0 Å². The Morgan fingerprint density at radius 3 is 2.60 bits per heavy atom. The number of aromatic nitrogens is 1. The van der Waals surface area contributed by atoms with E-state index in [1.807, 2.05) is 40.7 Å². The zero-order chi connectivity index (χ0) is 15.2. The number of aryl methyl sites for hydroxylation is 1. The largest absolute Gasteiger partial charge is 0.490 e. The highest BCUT2D eigenvalue weighted by molar-refractivity contribution is 5.68. The van der Waals surface area contributed by atoms with Crippen molar-refractivity contribution in [2.45, 2.75) is 40.2 Å². The van der Waals surface area contributed by atoms with Gasteiger partial charge >= 0.3 is 6.09 Å². The third-order valence-electron chi connectivity index (χ3n) is 2.51. The second-order valence-corrected chi connectivity index (χ2v) is 5.61. The standard InChI is InChI=1S/C15H24N2O3/c1-6-17(14(18)20-15(3,4)5)7-8-19-13-9-12(2)10-16-11-13/h9-11H,6-8H2,1-5H3. The van der Waals surface area contributed by atoms with E-state index >= 15 is 0 Å². The minimum absolute atomic E-state index is 0.314. The summed E-state index contributed by atoms with van der Waals surface area (Å²) < 4.78 is 10.9. The molecule has 0 radical (unpaired) electrons. The SMILES string of the molecule is CCN(CCOc1cncc(C)c1)C(=O)OC(C)(C)C. The monoisotopic (exact) mass is 280 g/mol. The zero-order valence-electron chi connectivity index (χ0n) is 13.0. The lowest BCUT2D eigenvalue weighted by Crippen LogP contribution is -2.38. The average molecular weight is 280 g/mol. The molecule has 1 heterocycles. The van der Waals surface area contributed by atoms with Crippen molar-refractivity contribution in [3.8, 4) is 5.75 Å². The summed E-state index contributed by atoms with van der Waals surface area (Å²) >= 11 is 0. The maximum atomic E-state index is 11.9. The molecule has 0 aliphatic heterocycles. The van der Waals surface area contributed by atoms with E-state index in [1.165, 1.54) is 0 Å². The molecule has 1 rings (SSSR count). The first-order valence-electron chi connectivity index (χ1n) is 6.84. The van der Waals surface area contributed by atoms with Gasteiger partial charge in [-0.3, -0.25) is 4.98 Å². The molecule has 0 spiro atoms. The molecule has 20 heavy (non-hydrogen) atoms. The van der Waals surface area contributed by atoms with Crippen LogP contribution >= 0.6 is 0 Å². The predicted molar refractivity (Wildman–Crippen MR) is 78.0 cm³/mol. The van der Waals surface area contributed by atoms with Crippen molar-refractivity contribution in [2.24, 2.45) is 0 Å². The third-order valence-corrected chi connectivity index (χ3v) is 2.51. The molecule has 0 aromatic carbocycles. The molecule has 0 saturated heterocycles. The van der Waals surface area contributed by atoms with Gasteiger partial charge in [0.1, 0.15) is 18.0 Å². The Morgan fingerprint density at radius 1 is 1.35 bits per heavy atom. The molecule has 1 amide bonds. The molecule has 0 fully saturated rings.